The van der Waals surface area contributed by atoms with Crippen molar-refractivity contribution in [2.75, 3.05) is 0 Å². The summed E-state index contributed by atoms with van der Waals surface area (Å²) in [6.07, 6.45) is 1.59. The standard InChI is InChI=1S/C18H18Cl2N2O/c1-18(2,3)13-6-4-12(5-7-13)11-21-22-17(23)15-9-8-14(19)10-16(15)20/h4-11H,1-3H3,(H,22,23). The van der Waals surface area contributed by atoms with Gasteiger partial charge in [0.25, 0.3) is 5.91 Å². The molecule has 2 aromatic carbocycles. The minimum Gasteiger partial charge on any atom is -0.267 e. The van der Waals surface area contributed by atoms with Crippen molar-refractivity contribution in [3.8, 4) is 0 Å². The molecular weight excluding hydrogens is 331 g/mol. The number of nitrogens with zero attached hydrogens (tertiary/aromatic N) is 1. The zero-order valence-corrected chi connectivity index (χ0v) is 14.7. The molecule has 0 spiro atoms. The minimum atomic E-state index is -0.380. The molecule has 1 amide bonds. The Labute approximate surface area is 146 Å². The molecule has 0 saturated heterocycles. The van der Waals surface area contributed by atoms with Gasteiger partial charge in [-0.05, 0) is 34.7 Å². The lowest BCUT2D eigenvalue weighted by Gasteiger charge is -2.18. The number of carbonyl (C=O) groups excluding carboxylic acids is 1. The second kappa shape index (κ2) is 7.16. The van der Waals surface area contributed by atoms with Crippen LogP contribution < -0.4 is 5.43 Å². The summed E-state index contributed by atoms with van der Waals surface area (Å²) in [5.74, 6) is -0.380. The number of carbonyl (C=O) groups is 1. The number of halogens is 2. The van der Waals surface area contributed by atoms with Crippen LogP contribution in [-0.4, -0.2) is 12.1 Å². The molecule has 0 heterocycles. The number of rotatable bonds is 3. The summed E-state index contributed by atoms with van der Waals surface area (Å²) in [7, 11) is 0. The lowest BCUT2D eigenvalue weighted by Crippen LogP contribution is -2.18. The van der Waals surface area contributed by atoms with E-state index in [-0.39, 0.29) is 11.3 Å². The molecule has 120 valence electrons. The monoisotopic (exact) mass is 348 g/mol. The van der Waals surface area contributed by atoms with Crippen LogP contribution in [0.15, 0.2) is 47.6 Å². The van der Waals surface area contributed by atoms with Gasteiger partial charge in [0.15, 0.2) is 0 Å². The van der Waals surface area contributed by atoms with Crippen LogP contribution >= 0.6 is 23.2 Å². The van der Waals surface area contributed by atoms with Crippen molar-refractivity contribution in [1.82, 2.24) is 5.43 Å². The van der Waals surface area contributed by atoms with E-state index in [4.69, 9.17) is 23.2 Å². The van der Waals surface area contributed by atoms with E-state index in [0.717, 1.165) is 5.56 Å². The Morgan fingerprint density at radius 1 is 1.09 bits per heavy atom. The average Bonchev–Trinajstić information content (AvgIpc) is 2.46. The number of nitrogens with one attached hydrogen (secondary N) is 1. The Balaban J connectivity index is 2.02. The summed E-state index contributed by atoms with van der Waals surface area (Å²) in [6.45, 7) is 6.48. The fourth-order valence-electron chi connectivity index (χ4n) is 1.97. The summed E-state index contributed by atoms with van der Waals surface area (Å²) in [6, 6.07) is 12.7. The van der Waals surface area contributed by atoms with Crippen LogP contribution in [0.25, 0.3) is 0 Å². The third kappa shape index (κ3) is 4.81. The summed E-state index contributed by atoms with van der Waals surface area (Å²) < 4.78 is 0. The number of hydrogen-bond donors (Lipinski definition) is 1. The molecule has 3 nitrogen and oxygen atoms in total. The molecule has 0 aliphatic heterocycles. The summed E-state index contributed by atoms with van der Waals surface area (Å²) in [5.41, 5.74) is 5.04. The molecule has 2 aromatic rings. The fourth-order valence-corrected chi connectivity index (χ4v) is 2.46. The number of hydrazone groups is 1. The van der Waals surface area contributed by atoms with Crippen molar-refractivity contribution in [3.05, 3.63) is 69.2 Å². The van der Waals surface area contributed by atoms with Crippen LogP contribution in [0.2, 0.25) is 10.0 Å². The van der Waals surface area contributed by atoms with Gasteiger partial charge in [-0.1, -0.05) is 68.2 Å². The van der Waals surface area contributed by atoms with Gasteiger partial charge in [-0.3, -0.25) is 4.79 Å². The third-order valence-corrected chi connectivity index (χ3v) is 3.88. The normalized spacial score (nSPS) is 11.7. The van der Waals surface area contributed by atoms with Crippen molar-refractivity contribution >= 4 is 35.3 Å². The van der Waals surface area contributed by atoms with Crippen LogP contribution in [-0.2, 0) is 5.41 Å². The highest BCUT2D eigenvalue weighted by Gasteiger charge is 2.12. The average molecular weight is 349 g/mol. The molecule has 0 saturated carbocycles. The van der Waals surface area contributed by atoms with Crippen molar-refractivity contribution < 1.29 is 4.79 Å². The van der Waals surface area contributed by atoms with Crippen molar-refractivity contribution in [3.63, 3.8) is 0 Å². The molecule has 2 rings (SSSR count). The van der Waals surface area contributed by atoms with Gasteiger partial charge in [-0.15, -0.1) is 0 Å². The molecule has 0 fully saturated rings. The largest absolute Gasteiger partial charge is 0.272 e. The number of benzene rings is 2. The van der Waals surface area contributed by atoms with E-state index in [1.165, 1.54) is 11.6 Å². The van der Waals surface area contributed by atoms with Gasteiger partial charge in [-0.25, -0.2) is 5.43 Å². The molecule has 0 aliphatic carbocycles. The highest BCUT2D eigenvalue weighted by atomic mass is 35.5. The summed E-state index contributed by atoms with van der Waals surface area (Å²) in [4.78, 5) is 12.0. The highest BCUT2D eigenvalue weighted by Crippen LogP contribution is 2.22. The lowest BCUT2D eigenvalue weighted by molar-refractivity contribution is 0.0955. The van der Waals surface area contributed by atoms with Crippen LogP contribution in [0.5, 0.6) is 0 Å². The van der Waals surface area contributed by atoms with E-state index in [1.807, 2.05) is 12.1 Å². The Morgan fingerprint density at radius 2 is 1.74 bits per heavy atom. The van der Waals surface area contributed by atoms with Crippen LogP contribution in [0.3, 0.4) is 0 Å². The maximum atomic E-state index is 12.0. The maximum Gasteiger partial charge on any atom is 0.272 e. The minimum absolute atomic E-state index is 0.106. The van der Waals surface area contributed by atoms with Gasteiger partial charge in [0.1, 0.15) is 0 Å². The number of hydrogen-bond acceptors (Lipinski definition) is 2. The molecule has 0 bridgehead atoms. The van der Waals surface area contributed by atoms with E-state index >= 15 is 0 Å². The fraction of sp³-hybridized carbons (Fsp3) is 0.222. The molecule has 0 aliphatic rings. The van der Waals surface area contributed by atoms with Crippen LogP contribution in [0, 0.1) is 0 Å². The predicted octanol–water partition coefficient (Wildman–Crippen LogP) is 5.05. The zero-order chi connectivity index (χ0) is 17.0. The molecule has 0 atom stereocenters. The van der Waals surface area contributed by atoms with Gasteiger partial charge in [0, 0.05) is 5.02 Å². The molecular formula is C18H18Cl2N2O. The van der Waals surface area contributed by atoms with Gasteiger partial charge in [0.05, 0.1) is 16.8 Å². The van der Waals surface area contributed by atoms with E-state index in [2.05, 4.69) is 43.4 Å². The third-order valence-electron chi connectivity index (χ3n) is 3.33. The second-order valence-corrected chi connectivity index (χ2v) is 7.04. The zero-order valence-electron chi connectivity index (χ0n) is 13.2. The SMILES string of the molecule is CC(C)(C)c1ccc(C=NNC(=O)c2ccc(Cl)cc2Cl)cc1. The van der Waals surface area contributed by atoms with Crippen molar-refractivity contribution in [1.29, 1.82) is 0 Å². The Kier molecular flexibility index (Phi) is 5.45. The van der Waals surface area contributed by atoms with E-state index in [9.17, 15) is 4.79 Å². The Morgan fingerprint density at radius 3 is 2.30 bits per heavy atom. The summed E-state index contributed by atoms with van der Waals surface area (Å²) in [5, 5.41) is 4.73. The van der Waals surface area contributed by atoms with Crippen molar-refractivity contribution in [2.24, 2.45) is 5.10 Å². The lowest BCUT2D eigenvalue weighted by atomic mass is 9.87. The molecule has 1 N–H and O–H groups in total. The highest BCUT2D eigenvalue weighted by molar-refractivity contribution is 6.36. The van der Waals surface area contributed by atoms with E-state index in [1.54, 1.807) is 18.3 Å². The molecule has 0 aromatic heterocycles. The van der Waals surface area contributed by atoms with E-state index < -0.39 is 0 Å². The van der Waals surface area contributed by atoms with Gasteiger partial charge >= 0.3 is 0 Å². The molecule has 0 unspecified atom stereocenters. The predicted molar refractivity (Wildman–Crippen MR) is 96.7 cm³/mol. The molecule has 0 radical (unpaired) electrons. The molecule has 5 heteroatoms. The maximum absolute atomic E-state index is 12.0. The van der Waals surface area contributed by atoms with Crippen LogP contribution in [0.4, 0.5) is 0 Å². The second-order valence-electron chi connectivity index (χ2n) is 6.20. The Hall–Kier alpha value is -1.84. The first-order valence-corrected chi connectivity index (χ1v) is 7.92. The van der Waals surface area contributed by atoms with Crippen molar-refractivity contribution in [2.45, 2.75) is 26.2 Å². The topological polar surface area (TPSA) is 41.5 Å². The first-order valence-electron chi connectivity index (χ1n) is 7.16. The van der Waals surface area contributed by atoms with Crippen LogP contribution in [0.1, 0.15) is 42.3 Å². The quantitative estimate of drug-likeness (QED) is 0.611. The number of amides is 1. The first-order chi connectivity index (χ1) is 10.8. The smallest absolute Gasteiger partial charge is 0.267 e. The van der Waals surface area contributed by atoms with E-state index in [0.29, 0.717) is 15.6 Å². The first kappa shape index (κ1) is 17.5. The molecule has 23 heavy (non-hydrogen) atoms. The Bertz CT molecular complexity index is 732. The summed E-state index contributed by atoms with van der Waals surface area (Å²) >= 11 is 11.8. The van der Waals surface area contributed by atoms with Gasteiger partial charge < -0.3 is 0 Å². The van der Waals surface area contributed by atoms with Gasteiger partial charge in [-0.2, -0.15) is 5.10 Å². The van der Waals surface area contributed by atoms with Gasteiger partial charge in [0.2, 0.25) is 0 Å².